The highest BCUT2D eigenvalue weighted by Crippen LogP contribution is 2.26. The van der Waals surface area contributed by atoms with Crippen LogP contribution in [0.25, 0.3) is 0 Å². The minimum absolute atomic E-state index is 0.0499. The van der Waals surface area contributed by atoms with Crippen LogP contribution in [0.4, 0.5) is 0 Å². The standard InChI is InChI=1S/C8H10BrNO4S3/c9-7-1-2-8(15-7)17(13,14)10-6-3-4-16(11,12)5-6/h1-2,6,10H,3-5H2. The Morgan fingerprint density at radius 2 is 2.12 bits per heavy atom. The molecule has 2 heterocycles. The molecule has 0 aliphatic carbocycles. The van der Waals surface area contributed by atoms with Crippen molar-refractivity contribution in [1.29, 1.82) is 0 Å². The number of sulfonamides is 1. The third-order valence-electron chi connectivity index (χ3n) is 2.37. The second-order valence-electron chi connectivity index (χ2n) is 3.78. The lowest BCUT2D eigenvalue weighted by Gasteiger charge is -2.09. The molecule has 0 spiro atoms. The van der Waals surface area contributed by atoms with E-state index in [0.29, 0.717) is 6.42 Å². The molecule has 17 heavy (non-hydrogen) atoms. The lowest BCUT2D eigenvalue weighted by Crippen LogP contribution is -2.35. The summed E-state index contributed by atoms with van der Waals surface area (Å²) in [6.07, 6.45) is 0.341. The minimum atomic E-state index is -3.60. The van der Waals surface area contributed by atoms with Crippen LogP contribution in [-0.4, -0.2) is 34.4 Å². The molecule has 0 amide bonds. The Balaban J connectivity index is 2.14. The molecule has 1 aliphatic rings. The third kappa shape index (κ3) is 3.28. The Morgan fingerprint density at radius 1 is 1.41 bits per heavy atom. The fourth-order valence-corrected chi connectivity index (χ4v) is 6.68. The zero-order valence-corrected chi connectivity index (χ0v) is 12.6. The van der Waals surface area contributed by atoms with Crippen molar-refractivity contribution in [2.24, 2.45) is 0 Å². The zero-order chi connectivity index (χ0) is 12.7. The van der Waals surface area contributed by atoms with E-state index >= 15 is 0 Å². The quantitative estimate of drug-likeness (QED) is 0.871. The van der Waals surface area contributed by atoms with E-state index in [1.165, 1.54) is 6.07 Å². The second kappa shape index (κ2) is 4.61. The first kappa shape index (κ1) is 13.5. The van der Waals surface area contributed by atoms with E-state index in [2.05, 4.69) is 20.7 Å². The molecular weight excluding hydrogens is 350 g/mol. The van der Waals surface area contributed by atoms with E-state index in [4.69, 9.17) is 0 Å². The molecule has 9 heteroatoms. The van der Waals surface area contributed by atoms with Crippen molar-refractivity contribution < 1.29 is 16.8 Å². The van der Waals surface area contributed by atoms with Gasteiger partial charge in [0.15, 0.2) is 9.84 Å². The molecule has 2 rings (SSSR count). The summed E-state index contributed by atoms with van der Waals surface area (Å²) in [5.41, 5.74) is 0. The summed E-state index contributed by atoms with van der Waals surface area (Å²) in [4.78, 5) is 0. The first-order valence-corrected chi connectivity index (χ1v) is 9.68. The average Bonchev–Trinajstić information content (AvgIpc) is 2.72. The predicted octanol–water partition coefficient (Wildman–Crippen LogP) is 0.976. The SMILES string of the molecule is O=S1(=O)CCC(NS(=O)(=O)c2ccc(Br)s2)C1. The molecule has 0 radical (unpaired) electrons. The van der Waals surface area contributed by atoms with Gasteiger partial charge in [0.1, 0.15) is 4.21 Å². The minimum Gasteiger partial charge on any atom is -0.229 e. The van der Waals surface area contributed by atoms with E-state index in [9.17, 15) is 16.8 Å². The molecular formula is C8H10BrNO4S3. The highest BCUT2D eigenvalue weighted by Gasteiger charge is 2.31. The summed E-state index contributed by atoms with van der Waals surface area (Å²) in [7, 11) is -6.68. The Kier molecular flexibility index (Phi) is 3.66. The molecule has 0 saturated carbocycles. The van der Waals surface area contributed by atoms with Gasteiger partial charge in [0.25, 0.3) is 0 Å². The lowest BCUT2D eigenvalue weighted by atomic mass is 10.3. The Labute approximate surface area is 112 Å². The highest BCUT2D eigenvalue weighted by atomic mass is 79.9. The molecule has 0 aromatic carbocycles. The maximum atomic E-state index is 11.9. The van der Waals surface area contributed by atoms with Crippen LogP contribution in [0.3, 0.4) is 0 Å². The van der Waals surface area contributed by atoms with Gasteiger partial charge < -0.3 is 0 Å². The molecule has 1 aliphatic heterocycles. The van der Waals surface area contributed by atoms with E-state index < -0.39 is 25.9 Å². The number of rotatable bonds is 3. The van der Waals surface area contributed by atoms with E-state index in [0.717, 1.165) is 15.1 Å². The van der Waals surface area contributed by atoms with Gasteiger partial charge in [-0.15, -0.1) is 11.3 Å². The zero-order valence-electron chi connectivity index (χ0n) is 8.59. The van der Waals surface area contributed by atoms with E-state index in [1.807, 2.05) is 0 Å². The molecule has 96 valence electrons. The third-order valence-corrected chi connectivity index (χ3v) is 7.77. The molecule has 1 aromatic rings. The van der Waals surface area contributed by atoms with Crippen molar-refractivity contribution in [3.05, 3.63) is 15.9 Å². The fourth-order valence-electron chi connectivity index (χ4n) is 1.61. The first-order chi connectivity index (χ1) is 7.78. The van der Waals surface area contributed by atoms with Crippen LogP contribution in [-0.2, 0) is 19.9 Å². The van der Waals surface area contributed by atoms with Gasteiger partial charge in [0, 0.05) is 6.04 Å². The van der Waals surface area contributed by atoms with Crippen LogP contribution in [0.1, 0.15) is 6.42 Å². The van der Waals surface area contributed by atoms with Crippen LogP contribution in [0, 0.1) is 0 Å². The summed E-state index contributed by atoms with van der Waals surface area (Å²) in [5.74, 6) is -0.0624. The largest absolute Gasteiger partial charge is 0.250 e. The van der Waals surface area contributed by atoms with Gasteiger partial charge in [-0.05, 0) is 34.5 Å². The van der Waals surface area contributed by atoms with Gasteiger partial charge in [-0.25, -0.2) is 21.6 Å². The van der Waals surface area contributed by atoms with Crippen LogP contribution in [0.2, 0.25) is 0 Å². The Hall–Kier alpha value is 0.0400. The summed E-state index contributed by atoms with van der Waals surface area (Å²) >= 11 is 4.28. The maximum Gasteiger partial charge on any atom is 0.250 e. The smallest absolute Gasteiger partial charge is 0.229 e. The van der Waals surface area contributed by atoms with Gasteiger partial charge in [0.2, 0.25) is 10.0 Å². The topological polar surface area (TPSA) is 80.3 Å². The summed E-state index contributed by atoms with van der Waals surface area (Å²) in [6, 6.07) is 2.62. The average molecular weight is 360 g/mol. The molecule has 1 aromatic heterocycles. The van der Waals surface area contributed by atoms with E-state index in [-0.39, 0.29) is 15.7 Å². The molecule has 1 atom stereocenters. The number of sulfone groups is 1. The molecule has 0 bridgehead atoms. The number of hydrogen-bond donors (Lipinski definition) is 1. The van der Waals surface area contributed by atoms with Crippen molar-refractivity contribution >= 4 is 47.1 Å². The second-order valence-corrected chi connectivity index (χ2v) is 10.4. The van der Waals surface area contributed by atoms with Gasteiger partial charge in [0.05, 0.1) is 15.3 Å². The van der Waals surface area contributed by atoms with E-state index in [1.54, 1.807) is 6.07 Å². The lowest BCUT2D eigenvalue weighted by molar-refractivity contribution is 0.564. The van der Waals surface area contributed by atoms with Crippen molar-refractivity contribution in [3.8, 4) is 0 Å². The molecule has 1 saturated heterocycles. The van der Waals surface area contributed by atoms with Crippen molar-refractivity contribution in [1.82, 2.24) is 4.72 Å². The van der Waals surface area contributed by atoms with Gasteiger partial charge in [-0.1, -0.05) is 0 Å². The van der Waals surface area contributed by atoms with Crippen LogP contribution in [0.5, 0.6) is 0 Å². The number of halogens is 1. The molecule has 1 N–H and O–H groups in total. The van der Waals surface area contributed by atoms with Gasteiger partial charge in [-0.2, -0.15) is 0 Å². The monoisotopic (exact) mass is 359 g/mol. The van der Waals surface area contributed by atoms with Crippen LogP contribution >= 0.6 is 27.3 Å². The summed E-state index contributed by atoms with van der Waals surface area (Å²) < 4.78 is 49.6. The molecule has 1 unspecified atom stereocenters. The fraction of sp³-hybridized carbons (Fsp3) is 0.500. The van der Waals surface area contributed by atoms with Crippen LogP contribution < -0.4 is 4.72 Å². The van der Waals surface area contributed by atoms with Gasteiger partial charge >= 0.3 is 0 Å². The Bertz CT molecular complexity index is 619. The normalized spacial score (nSPS) is 23.9. The van der Waals surface area contributed by atoms with Crippen molar-refractivity contribution in [2.75, 3.05) is 11.5 Å². The first-order valence-electron chi connectivity index (χ1n) is 4.77. The van der Waals surface area contributed by atoms with Crippen molar-refractivity contribution in [3.63, 3.8) is 0 Å². The number of hydrogen-bond acceptors (Lipinski definition) is 5. The van der Waals surface area contributed by atoms with Crippen LogP contribution in [0.15, 0.2) is 20.1 Å². The van der Waals surface area contributed by atoms with Gasteiger partial charge in [-0.3, -0.25) is 0 Å². The Morgan fingerprint density at radius 3 is 2.59 bits per heavy atom. The predicted molar refractivity (Wildman–Crippen MR) is 69.4 cm³/mol. The summed E-state index contributed by atoms with van der Waals surface area (Å²) in [5, 5.41) is 0. The highest BCUT2D eigenvalue weighted by molar-refractivity contribution is 9.11. The summed E-state index contributed by atoms with van der Waals surface area (Å²) in [6.45, 7) is 0. The maximum absolute atomic E-state index is 11.9. The number of nitrogens with one attached hydrogen (secondary N) is 1. The van der Waals surface area contributed by atoms with Crippen molar-refractivity contribution in [2.45, 2.75) is 16.7 Å². The molecule has 1 fully saturated rings. The molecule has 5 nitrogen and oxygen atoms in total. The number of thiophene rings is 1.